The van der Waals surface area contributed by atoms with Gasteiger partial charge in [0.15, 0.2) is 5.65 Å². The van der Waals surface area contributed by atoms with Gasteiger partial charge < -0.3 is 20.2 Å². The Balaban J connectivity index is 1.56. The largest absolute Gasteiger partial charge is 0.352 e. The number of nitrogens with one attached hydrogen (secondary N) is 1. The van der Waals surface area contributed by atoms with E-state index >= 15 is 0 Å². The molecule has 1 aliphatic rings. The van der Waals surface area contributed by atoms with Crippen molar-refractivity contribution in [2.24, 2.45) is 12.8 Å². The molecule has 28 heavy (non-hydrogen) atoms. The van der Waals surface area contributed by atoms with Crippen molar-refractivity contribution in [2.45, 2.75) is 18.6 Å². The average molecular weight is 400 g/mol. The highest BCUT2D eigenvalue weighted by molar-refractivity contribution is 6.38. The Kier molecular flexibility index (Phi) is 3.99. The first-order chi connectivity index (χ1) is 13.5. The molecular weight excluding hydrogens is 381 g/mol. The number of imidazole rings is 1. The number of aromatic nitrogens is 5. The molecule has 0 aliphatic carbocycles. The van der Waals surface area contributed by atoms with E-state index in [4.69, 9.17) is 17.3 Å². The molecular formula is C19H19ClFN7. The van der Waals surface area contributed by atoms with Gasteiger partial charge in [-0.25, -0.2) is 19.3 Å². The molecule has 0 bridgehead atoms. The quantitative estimate of drug-likeness (QED) is 0.541. The van der Waals surface area contributed by atoms with Crippen LogP contribution in [0.5, 0.6) is 0 Å². The molecule has 1 aliphatic heterocycles. The third-order valence-electron chi connectivity index (χ3n) is 5.39. The molecule has 3 N–H and O–H groups in total. The van der Waals surface area contributed by atoms with E-state index in [1.165, 1.54) is 0 Å². The van der Waals surface area contributed by atoms with Crippen LogP contribution in [0.3, 0.4) is 0 Å². The maximum Gasteiger partial charge on any atom is 0.159 e. The maximum atomic E-state index is 14.0. The molecule has 9 heteroatoms. The SMILES string of the molecule is Cn1cnc2ccc(-c3c[nH]c4nc(N5CC[C@H](N)[C@H](F)C5)cnc34)c(Cl)c21. The van der Waals surface area contributed by atoms with Crippen LogP contribution in [0.15, 0.2) is 30.9 Å². The van der Waals surface area contributed by atoms with Crippen LogP contribution in [0.25, 0.3) is 33.3 Å². The van der Waals surface area contributed by atoms with Crippen molar-refractivity contribution < 1.29 is 4.39 Å². The van der Waals surface area contributed by atoms with Crippen molar-refractivity contribution in [3.63, 3.8) is 0 Å². The van der Waals surface area contributed by atoms with Gasteiger partial charge in [0.1, 0.15) is 17.5 Å². The number of halogens is 2. The summed E-state index contributed by atoms with van der Waals surface area (Å²) >= 11 is 6.68. The number of fused-ring (bicyclic) bond motifs is 2. The Morgan fingerprint density at radius 1 is 1.29 bits per heavy atom. The molecule has 0 unspecified atom stereocenters. The van der Waals surface area contributed by atoms with E-state index in [9.17, 15) is 4.39 Å². The zero-order valence-electron chi connectivity index (χ0n) is 15.2. The van der Waals surface area contributed by atoms with Crippen LogP contribution in [0, 0.1) is 0 Å². The van der Waals surface area contributed by atoms with Crippen molar-refractivity contribution in [2.75, 3.05) is 18.0 Å². The maximum absolute atomic E-state index is 14.0. The van der Waals surface area contributed by atoms with Gasteiger partial charge in [-0.05, 0) is 12.5 Å². The van der Waals surface area contributed by atoms with Gasteiger partial charge >= 0.3 is 0 Å². The van der Waals surface area contributed by atoms with Crippen molar-refractivity contribution in [1.29, 1.82) is 0 Å². The average Bonchev–Trinajstić information content (AvgIpc) is 3.28. The molecule has 1 saturated heterocycles. The van der Waals surface area contributed by atoms with E-state index in [0.29, 0.717) is 29.5 Å². The molecule has 4 heterocycles. The lowest BCUT2D eigenvalue weighted by atomic mass is 10.0. The van der Waals surface area contributed by atoms with Crippen molar-refractivity contribution >= 4 is 39.6 Å². The highest BCUT2D eigenvalue weighted by Crippen LogP contribution is 2.36. The van der Waals surface area contributed by atoms with Gasteiger partial charge in [0, 0.05) is 37.0 Å². The normalized spacial score (nSPS) is 20.4. The number of benzene rings is 1. The van der Waals surface area contributed by atoms with E-state index in [2.05, 4.69) is 19.9 Å². The second-order valence-corrected chi connectivity index (χ2v) is 7.57. The molecule has 4 aromatic rings. The molecule has 0 radical (unpaired) electrons. The Morgan fingerprint density at radius 3 is 2.96 bits per heavy atom. The highest BCUT2D eigenvalue weighted by Gasteiger charge is 2.27. The third kappa shape index (κ3) is 2.63. The zero-order valence-corrected chi connectivity index (χ0v) is 16.0. The Hall–Kier alpha value is -2.71. The molecule has 5 rings (SSSR count). The summed E-state index contributed by atoms with van der Waals surface area (Å²) < 4.78 is 15.9. The van der Waals surface area contributed by atoms with E-state index in [0.717, 1.165) is 27.7 Å². The topological polar surface area (TPSA) is 88.7 Å². The van der Waals surface area contributed by atoms with Gasteiger partial charge in [0.25, 0.3) is 0 Å². The summed E-state index contributed by atoms with van der Waals surface area (Å²) in [4.78, 5) is 18.6. The Bertz CT molecular complexity index is 1180. The number of piperidine rings is 1. The van der Waals surface area contributed by atoms with Gasteiger partial charge in [0.05, 0.1) is 35.1 Å². The molecule has 0 amide bonds. The van der Waals surface area contributed by atoms with Gasteiger partial charge in [-0.15, -0.1) is 0 Å². The molecule has 0 saturated carbocycles. The second-order valence-electron chi connectivity index (χ2n) is 7.19. The van der Waals surface area contributed by atoms with Crippen LogP contribution in [-0.4, -0.2) is 49.8 Å². The zero-order chi connectivity index (χ0) is 19.4. The fraction of sp³-hybridized carbons (Fsp3) is 0.316. The van der Waals surface area contributed by atoms with Crippen molar-refractivity contribution in [1.82, 2.24) is 24.5 Å². The number of H-pyrrole nitrogens is 1. The minimum atomic E-state index is -1.06. The van der Waals surface area contributed by atoms with Crippen LogP contribution in [-0.2, 0) is 7.05 Å². The summed E-state index contributed by atoms with van der Waals surface area (Å²) in [5.41, 5.74) is 10.6. The standard InChI is InChI=1S/C19H19ClFN7/c1-27-9-25-14-3-2-10(16(20)18(14)27)11-6-24-19-17(11)23-7-15(26-19)28-5-4-13(22)12(21)8-28/h2-3,6-7,9,12-13H,4-5,8,22H2,1H3,(H,24,26)/t12-,13+/m1/s1. The first-order valence-corrected chi connectivity index (χ1v) is 9.49. The van der Waals surface area contributed by atoms with Crippen molar-refractivity contribution in [3.8, 4) is 11.1 Å². The number of hydrogen-bond donors (Lipinski definition) is 2. The predicted octanol–water partition coefficient (Wildman–Crippen LogP) is 3.04. The first-order valence-electron chi connectivity index (χ1n) is 9.11. The Morgan fingerprint density at radius 2 is 2.14 bits per heavy atom. The Labute approximate surface area is 165 Å². The van der Waals surface area contributed by atoms with Crippen LogP contribution >= 0.6 is 11.6 Å². The lowest BCUT2D eigenvalue weighted by molar-refractivity contribution is 0.251. The summed E-state index contributed by atoms with van der Waals surface area (Å²) in [5, 5.41) is 0.620. The number of alkyl halides is 1. The lowest BCUT2D eigenvalue weighted by Crippen LogP contribution is -2.48. The number of nitrogens with two attached hydrogens (primary N) is 1. The molecule has 7 nitrogen and oxygen atoms in total. The number of nitrogens with zero attached hydrogens (tertiary/aromatic N) is 5. The van der Waals surface area contributed by atoms with Crippen LogP contribution in [0.1, 0.15) is 6.42 Å². The second kappa shape index (κ2) is 6.42. The van der Waals surface area contributed by atoms with Crippen molar-refractivity contribution in [3.05, 3.63) is 35.9 Å². The molecule has 1 fully saturated rings. The lowest BCUT2D eigenvalue weighted by Gasteiger charge is -2.33. The van der Waals surface area contributed by atoms with Crippen LogP contribution in [0.4, 0.5) is 10.2 Å². The molecule has 0 spiro atoms. The van der Waals surface area contributed by atoms with Crippen LogP contribution < -0.4 is 10.6 Å². The van der Waals surface area contributed by atoms with E-state index in [1.807, 2.05) is 34.8 Å². The molecule has 3 aromatic heterocycles. The monoisotopic (exact) mass is 399 g/mol. The molecule has 144 valence electrons. The van der Waals surface area contributed by atoms with Gasteiger partial charge in [0.2, 0.25) is 0 Å². The van der Waals surface area contributed by atoms with E-state index in [1.54, 1.807) is 12.5 Å². The minimum absolute atomic E-state index is 0.234. The summed E-state index contributed by atoms with van der Waals surface area (Å²) in [7, 11) is 1.91. The number of rotatable bonds is 2. The smallest absolute Gasteiger partial charge is 0.159 e. The fourth-order valence-corrected chi connectivity index (χ4v) is 4.18. The summed E-state index contributed by atoms with van der Waals surface area (Å²) in [6.07, 6.45) is 4.80. The summed E-state index contributed by atoms with van der Waals surface area (Å²) in [6, 6.07) is 3.47. The number of aryl methyl sites for hydroxylation is 1. The van der Waals surface area contributed by atoms with E-state index in [-0.39, 0.29) is 6.54 Å². The summed E-state index contributed by atoms with van der Waals surface area (Å²) in [6.45, 7) is 0.899. The van der Waals surface area contributed by atoms with E-state index < -0.39 is 12.2 Å². The third-order valence-corrected chi connectivity index (χ3v) is 5.77. The number of aromatic amines is 1. The highest BCUT2D eigenvalue weighted by atomic mass is 35.5. The van der Waals surface area contributed by atoms with Gasteiger partial charge in [-0.2, -0.15) is 0 Å². The molecule has 1 aromatic carbocycles. The van der Waals surface area contributed by atoms with Gasteiger partial charge in [-0.3, -0.25) is 0 Å². The minimum Gasteiger partial charge on any atom is -0.352 e. The predicted molar refractivity (Wildman–Crippen MR) is 108 cm³/mol. The van der Waals surface area contributed by atoms with Gasteiger partial charge in [-0.1, -0.05) is 17.7 Å². The summed E-state index contributed by atoms with van der Waals surface area (Å²) in [5.74, 6) is 0.642. The molecule has 2 atom stereocenters. The van der Waals surface area contributed by atoms with Crippen LogP contribution in [0.2, 0.25) is 5.02 Å². The first kappa shape index (κ1) is 17.4. The number of anilines is 1. The fourth-order valence-electron chi connectivity index (χ4n) is 3.78. The number of hydrogen-bond acceptors (Lipinski definition) is 5.